The van der Waals surface area contributed by atoms with Crippen molar-refractivity contribution in [1.82, 2.24) is 39.5 Å². The second-order valence-electron chi connectivity index (χ2n) is 24.8. The SMILES string of the molecule is Brc1cccc(-c2cccc(-c3nc(-c4ccccc4)nc(-c4ccccc4)n3)c2)c1.c1ccc(-c2nc(-c3ccccc3)nc(-c3cccc(-c4cccc(-n5c6ccccc6c6cc7c(cc65)sc5ccccc57)c4)c3)n2)cc1.c1ccc2c(c1)[nH]c1cc3sc4ccccc4c3cc12. The summed E-state index contributed by atoms with van der Waals surface area (Å²) >= 11 is 7.29. The van der Waals surface area contributed by atoms with Gasteiger partial charge in [-0.3, -0.25) is 0 Å². The summed E-state index contributed by atoms with van der Waals surface area (Å²) in [6.07, 6.45) is 0. The van der Waals surface area contributed by atoms with Gasteiger partial charge >= 0.3 is 0 Å². The van der Waals surface area contributed by atoms with Gasteiger partial charge in [-0.2, -0.15) is 0 Å². The molecule has 0 aliphatic rings. The molecule has 6 heterocycles. The maximum absolute atomic E-state index is 4.98. The first-order valence-electron chi connectivity index (χ1n) is 33.4. The lowest BCUT2D eigenvalue weighted by molar-refractivity contribution is 1.07. The van der Waals surface area contributed by atoms with Crippen LogP contribution in [0.2, 0.25) is 0 Å². The van der Waals surface area contributed by atoms with E-state index in [9.17, 15) is 0 Å². The Morgan fingerprint density at radius 3 is 1.12 bits per heavy atom. The molecule has 0 saturated carbocycles. The molecule has 0 radical (unpaired) electrons. The van der Waals surface area contributed by atoms with Crippen molar-refractivity contribution in [1.29, 1.82) is 0 Å². The van der Waals surface area contributed by atoms with Crippen molar-refractivity contribution < 1.29 is 0 Å². The monoisotopic (exact) mass is 1390 g/mol. The van der Waals surface area contributed by atoms with E-state index < -0.39 is 0 Å². The van der Waals surface area contributed by atoms with Crippen molar-refractivity contribution in [2.24, 2.45) is 0 Å². The fourth-order valence-corrected chi connectivity index (χ4v) is 16.2. The van der Waals surface area contributed by atoms with E-state index in [1.54, 1.807) is 0 Å². The molecular weight excluding hydrogens is 1340 g/mol. The molecule has 476 valence electrons. The second-order valence-corrected chi connectivity index (χ2v) is 27.9. The molecule has 0 fully saturated rings. The first-order chi connectivity index (χ1) is 49.9. The van der Waals surface area contributed by atoms with Gasteiger partial charge in [-0.05, 0) is 107 Å². The third-order valence-electron chi connectivity index (χ3n) is 18.4. The minimum atomic E-state index is 0.644. The summed E-state index contributed by atoms with van der Waals surface area (Å²) in [7, 11) is 0. The topological polar surface area (TPSA) is 98.1 Å². The van der Waals surface area contributed by atoms with Gasteiger partial charge in [-0.25, -0.2) is 29.9 Å². The number of hydrogen-bond acceptors (Lipinski definition) is 8. The molecule has 20 aromatic rings. The molecule has 0 spiro atoms. The van der Waals surface area contributed by atoms with Crippen LogP contribution in [-0.2, 0) is 0 Å². The van der Waals surface area contributed by atoms with Gasteiger partial charge < -0.3 is 9.55 Å². The zero-order valence-corrected chi connectivity index (χ0v) is 57.4. The summed E-state index contributed by atoms with van der Waals surface area (Å²) < 4.78 is 8.79. The van der Waals surface area contributed by atoms with Crippen LogP contribution >= 0.6 is 38.6 Å². The van der Waals surface area contributed by atoms with Gasteiger partial charge in [0, 0.05) is 116 Å². The first kappa shape index (κ1) is 61.0. The summed E-state index contributed by atoms with van der Waals surface area (Å²) in [4.78, 5) is 32.8. The van der Waals surface area contributed by atoms with E-state index in [2.05, 4.69) is 220 Å². The first-order valence-corrected chi connectivity index (χ1v) is 35.8. The van der Waals surface area contributed by atoms with Gasteiger partial charge in [0.25, 0.3) is 0 Å². The van der Waals surface area contributed by atoms with E-state index >= 15 is 0 Å². The number of benzene rings is 14. The minimum Gasteiger partial charge on any atom is -0.354 e. The van der Waals surface area contributed by atoms with Crippen molar-refractivity contribution in [2.45, 2.75) is 0 Å². The van der Waals surface area contributed by atoms with Crippen molar-refractivity contribution in [3.8, 4) is 96.3 Å². The molecule has 11 heteroatoms. The normalized spacial score (nSPS) is 11.4. The number of para-hydroxylation sites is 2. The third kappa shape index (κ3) is 12.0. The number of H-pyrrole nitrogens is 1. The van der Waals surface area contributed by atoms with Gasteiger partial charge in [0.05, 0.1) is 11.0 Å². The molecule has 1 N–H and O–H groups in total. The average Bonchev–Trinajstić information content (AvgIpc) is 1.58. The minimum absolute atomic E-state index is 0.644. The molecule has 0 bridgehead atoms. The Morgan fingerprint density at radius 2 is 0.604 bits per heavy atom. The maximum atomic E-state index is 4.98. The molecule has 0 saturated heterocycles. The quantitative estimate of drug-likeness (QED) is 0.155. The van der Waals surface area contributed by atoms with E-state index in [1.165, 1.54) is 84.0 Å². The Hall–Kier alpha value is -12.4. The van der Waals surface area contributed by atoms with Gasteiger partial charge in [0.15, 0.2) is 34.9 Å². The molecule has 6 aromatic heterocycles. The zero-order chi connectivity index (χ0) is 67.2. The van der Waals surface area contributed by atoms with Gasteiger partial charge in [-0.1, -0.05) is 271 Å². The number of halogens is 1. The lowest BCUT2D eigenvalue weighted by Crippen LogP contribution is -2.00. The van der Waals surface area contributed by atoms with E-state index in [0.717, 1.165) is 65.8 Å². The fourth-order valence-electron chi connectivity index (χ4n) is 13.6. The summed E-state index contributed by atoms with van der Waals surface area (Å²) in [5, 5.41) is 10.5. The lowest BCUT2D eigenvalue weighted by atomic mass is 10.0. The smallest absolute Gasteiger partial charge is 0.164 e. The van der Waals surface area contributed by atoms with Gasteiger partial charge in [0.2, 0.25) is 0 Å². The Bertz CT molecular complexity index is 6280. The van der Waals surface area contributed by atoms with Gasteiger partial charge in [0.1, 0.15) is 0 Å². The number of aromatic nitrogens is 8. The molecule has 20 rings (SSSR count). The van der Waals surface area contributed by atoms with Crippen LogP contribution < -0.4 is 0 Å². The van der Waals surface area contributed by atoms with Crippen LogP contribution in [0.1, 0.15) is 0 Å². The van der Waals surface area contributed by atoms with Crippen molar-refractivity contribution in [3.05, 3.63) is 344 Å². The largest absolute Gasteiger partial charge is 0.354 e. The number of nitrogens with one attached hydrogen (secondary N) is 1. The van der Waals surface area contributed by atoms with E-state index in [-0.39, 0.29) is 0 Å². The Morgan fingerprint density at radius 1 is 0.228 bits per heavy atom. The second kappa shape index (κ2) is 26.5. The highest BCUT2D eigenvalue weighted by atomic mass is 79.9. The van der Waals surface area contributed by atoms with Crippen LogP contribution in [0.4, 0.5) is 0 Å². The molecular formula is C90H57BrN8S2. The van der Waals surface area contributed by atoms with Crippen LogP contribution in [0.5, 0.6) is 0 Å². The number of fused-ring (bicyclic) bond motifs is 12. The fraction of sp³-hybridized carbons (Fsp3) is 0. The Labute approximate surface area is 598 Å². The standard InChI is InChI=1S/C45H28N4S.C27H18BrN3.C18H11NS/c1-3-13-29(14-4-1)43-46-44(30-15-5-2-6-16-30)48-45(47-43)33-19-11-17-31(25-33)32-18-12-20-34(26-32)49-39-23-9-7-21-35(39)37-27-38-36-22-8-10-24-41(36)50-42(38)28-40(37)49;28-24-16-8-14-22(18-24)21-13-7-15-23(17-21)27-30-25(19-9-3-1-4-10-19)29-26(31-27)20-11-5-2-6-12-20;1-3-7-15-11(5-1)13-9-14-12-6-2-4-8-17(12)20-18(14)10-16(13)19-15/h1-28H;1-18H;1-10,19H. The van der Waals surface area contributed by atoms with Crippen molar-refractivity contribution in [2.75, 3.05) is 0 Å². The number of thiophene rings is 2. The summed E-state index contributed by atoms with van der Waals surface area (Å²) in [6.45, 7) is 0. The molecule has 0 amide bonds. The highest BCUT2D eigenvalue weighted by Crippen LogP contribution is 2.43. The Kier molecular flexibility index (Phi) is 16.0. The number of aromatic amines is 1. The van der Waals surface area contributed by atoms with Crippen LogP contribution in [0.3, 0.4) is 0 Å². The van der Waals surface area contributed by atoms with Crippen LogP contribution in [0.25, 0.3) is 180 Å². The molecule has 101 heavy (non-hydrogen) atoms. The highest BCUT2D eigenvalue weighted by molar-refractivity contribution is 9.10. The molecule has 8 nitrogen and oxygen atoms in total. The van der Waals surface area contributed by atoms with Crippen LogP contribution in [-0.4, -0.2) is 39.5 Å². The zero-order valence-electron chi connectivity index (χ0n) is 54.2. The Balaban J connectivity index is 0.000000121. The molecule has 14 aromatic carbocycles. The third-order valence-corrected chi connectivity index (χ3v) is 21.2. The van der Waals surface area contributed by atoms with Gasteiger partial charge in [-0.15, -0.1) is 22.7 Å². The average molecular weight is 1390 g/mol. The van der Waals surface area contributed by atoms with Crippen molar-refractivity contribution >= 4 is 123 Å². The predicted octanol–water partition coefficient (Wildman–Crippen LogP) is 25.0. The lowest BCUT2D eigenvalue weighted by Gasteiger charge is -2.12. The summed E-state index contributed by atoms with van der Waals surface area (Å²) in [6, 6.07) is 118. The van der Waals surface area contributed by atoms with Crippen molar-refractivity contribution in [3.63, 3.8) is 0 Å². The van der Waals surface area contributed by atoms with Crippen LogP contribution in [0, 0.1) is 0 Å². The number of hydrogen-bond donors (Lipinski definition) is 1. The predicted molar refractivity (Wildman–Crippen MR) is 427 cm³/mol. The van der Waals surface area contributed by atoms with Crippen LogP contribution in [0.15, 0.2) is 344 Å². The van der Waals surface area contributed by atoms with E-state index in [4.69, 9.17) is 29.9 Å². The number of nitrogens with zero attached hydrogens (tertiary/aromatic N) is 7. The molecule has 0 aliphatic heterocycles. The summed E-state index contributed by atoms with van der Waals surface area (Å²) in [5.41, 5.74) is 16.2. The summed E-state index contributed by atoms with van der Waals surface area (Å²) in [5.74, 6) is 3.94. The van der Waals surface area contributed by atoms with E-state index in [0.29, 0.717) is 34.9 Å². The van der Waals surface area contributed by atoms with E-state index in [1.807, 2.05) is 168 Å². The molecule has 0 atom stereocenters. The maximum Gasteiger partial charge on any atom is 0.164 e. The number of rotatable bonds is 9. The highest BCUT2D eigenvalue weighted by Gasteiger charge is 2.19. The molecule has 0 aliphatic carbocycles. The molecule has 0 unspecified atom stereocenters.